The van der Waals surface area contributed by atoms with Crippen molar-refractivity contribution in [2.24, 2.45) is 0 Å². The number of hydrogen-bond donors (Lipinski definition) is 1. The summed E-state index contributed by atoms with van der Waals surface area (Å²) < 4.78 is 28.3. The quantitative estimate of drug-likeness (QED) is 0.820. The summed E-state index contributed by atoms with van der Waals surface area (Å²) in [5.41, 5.74) is 3.78. The third-order valence-electron chi connectivity index (χ3n) is 4.91. The van der Waals surface area contributed by atoms with Gasteiger partial charge in [0.2, 0.25) is 10.0 Å². The number of aryl methyl sites for hydroxylation is 2. The second-order valence-electron chi connectivity index (χ2n) is 7.11. The first-order valence-corrected chi connectivity index (χ1v) is 11.1. The van der Waals surface area contributed by atoms with Crippen LogP contribution >= 0.6 is 11.3 Å². The molecule has 1 aromatic carbocycles. The van der Waals surface area contributed by atoms with Crippen LogP contribution in [0.15, 0.2) is 34.5 Å². The molecule has 2 heterocycles. The highest BCUT2D eigenvalue weighted by Gasteiger charge is 2.22. The first-order chi connectivity index (χ1) is 12.3. The summed E-state index contributed by atoms with van der Waals surface area (Å²) in [6.07, 6.45) is 2.23. The van der Waals surface area contributed by atoms with Crippen LogP contribution in [0.25, 0.3) is 0 Å². The number of nitrogens with zero attached hydrogens (tertiary/aromatic N) is 2. The molecule has 1 aliphatic heterocycles. The Kier molecular flexibility index (Phi) is 5.72. The van der Waals surface area contributed by atoms with E-state index in [1.807, 2.05) is 27.1 Å². The zero-order chi connectivity index (χ0) is 18.9. The van der Waals surface area contributed by atoms with E-state index >= 15 is 0 Å². The Hall–Kier alpha value is -1.41. The molecule has 1 aromatic heterocycles. The predicted molar refractivity (Wildman–Crippen MR) is 109 cm³/mol. The smallest absolute Gasteiger partial charge is 0.250 e. The largest absolute Gasteiger partial charge is 0.374 e. The maximum atomic E-state index is 12.6. The van der Waals surface area contributed by atoms with Crippen LogP contribution in [0.3, 0.4) is 0 Å². The van der Waals surface area contributed by atoms with E-state index in [1.165, 1.54) is 22.6 Å². The van der Waals surface area contributed by atoms with Crippen molar-refractivity contribution in [2.45, 2.75) is 30.0 Å². The van der Waals surface area contributed by atoms with Crippen LogP contribution in [0.1, 0.15) is 28.5 Å². The van der Waals surface area contributed by atoms with E-state index in [0.717, 1.165) is 29.8 Å². The topological polar surface area (TPSA) is 52.7 Å². The van der Waals surface area contributed by atoms with Gasteiger partial charge in [0.25, 0.3) is 0 Å². The number of likely N-dealkylation sites (N-methyl/N-ethyl adjacent to an activating group) is 1. The predicted octanol–water partition coefficient (Wildman–Crippen LogP) is 3.02. The average molecular weight is 394 g/mol. The van der Waals surface area contributed by atoms with Gasteiger partial charge in [0, 0.05) is 36.7 Å². The third-order valence-corrected chi connectivity index (χ3v) is 7.83. The van der Waals surface area contributed by atoms with Crippen molar-refractivity contribution in [1.29, 1.82) is 0 Å². The van der Waals surface area contributed by atoms with E-state index in [1.54, 1.807) is 6.07 Å². The zero-order valence-electron chi connectivity index (χ0n) is 15.8. The molecule has 0 spiro atoms. The number of nitrogens with one attached hydrogen (secondary N) is 1. The lowest BCUT2D eigenvalue weighted by atomic mass is 9.96. The molecule has 1 aliphatic rings. The minimum Gasteiger partial charge on any atom is -0.374 e. The van der Waals surface area contributed by atoms with Gasteiger partial charge in [0.15, 0.2) is 0 Å². The highest BCUT2D eigenvalue weighted by Crippen LogP contribution is 2.30. The number of sulfonamides is 1. The fraction of sp³-hybridized carbons (Fsp3) is 0.474. The van der Waals surface area contributed by atoms with Crippen molar-refractivity contribution in [3.63, 3.8) is 0 Å². The fourth-order valence-electron chi connectivity index (χ4n) is 3.43. The summed E-state index contributed by atoms with van der Waals surface area (Å²) in [4.78, 5) is 5.35. The molecule has 3 rings (SSSR count). The van der Waals surface area contributed by atoms with E-state index in [0.29, 0.717) is 10.8 Å². The van der Waals surface area contributed by atoms with Crippen molar-refractivity contribution in [3.8, 4) is 0 Å². The molecular weight excluding hydrogens is 366 g/mol. The molecule has 0 amide bonds. The molecule has 2 aromatic rings. The van der Waals surface area contributed by atoms with Crippen LogP contribution in [-0.2, 0) is 16.4 Å². The van der Waals surface area contributed by atoms with Gasteiger partial charge in [-0.3, -0.25) is 0 Å². The van der Waals surface area contributed by atoms with Gasteiger partial charge in [-0.05, 0) is 63.2 Å². The minimum atomic E-state index is -3.47. The number of anilines is 1. The van der Waals surface area contributed by atoms with E-state index in [-0.39, 0.29) is 6.04 Å². The van der Waals surface area contributed by atoms with E-state index in [2.05, 4.69) is 39.8 Å². The number of hydrogen-bond acceptors (Lipinski definition) is 5. The monoisotopic (exact) mass is 393 g/mol. The van der Waals surface area contributed by atoms with Gasteiger partial charge in [0.05, 0.1) is 0 Å². The van der Waals surface area contributed by atoms with Gasteiger partial charge in [-0.2, -0.15) is 0 Å². The molecule has 0 saturated carbocycles. The number of benzene rings is 1. The molecule has 1 atom stereocenters. The van der Waals surface area contributed by atoms with Crippen molar-refractivity contribution in [3.05, 3.63) is 46.3 Å². The molecule has 7 heteroatoms. The Morgan fingerprint density at radius 3 is 2.69 bits per heavy atom. The van der Waals surface area contributed by atoms with E-state index < -0.39 is 10.0 Å². The van der Waals surface area contributed by atoms with Gasteiger partial charge in [0.1, 0.15) is 4.21 Å². The zero-order valence-corrected chi connectivity index (χ0v) is 17.5. The maximum absolute atomic E-state index is 12.6. The van der Waals surface area contributed by atoms with E-state index in [9.17, 15) is 8.42 Å². The summed E-state index contributed by atoms with van der Waals surface area (Å²) in [5, 5.41) is 0. The Balaban J connectivity index is 1.80. The molecule has 0 aliphatic carbocycles. The van der Waals surface area contributed by atoms with Crippen LogP contribution in [0.2, 0.25) is 0 Å². The molecule has 26 heavy (non-hydrogen) atoms. The standard InChI is InChI=1S/C19H27N3O2S2/c1-14-7-10-19(25-14)26(23,24)20-13-18(21(2)3)16-8-9-17-15(12-16)6-5-11-22(17)4/h7-10,12,18,20H,5-6,11,13H2,1-4H3. The van der Waals surface area contributed by atoms with Gasteiger partial charge >= 0.3 is 0 Å². The minimum absolute atomic E-state index is 0.0108. The Morgan fingerprint density at radius 2 is 2.04 bits per heavy atom. The Bertz CT molecular complexity index is 875. The normalized spacial score (nSPS) is 16.0. The molecule has 142 valence electrons. The molecule has 0 fully saturated rings. The molecule has 0 bridgehead atoms. The average Bonchev–Trinajstić information content (AvgIpc) is 3.02. The maximum Gasteiger partial charge on any atom is 0.250 e. The van der Waals surface area contributed by atoms with Crippen molar-refractivity contribution in [2.75, 3.05) is 39.1 Å². The Labute approximate surface area is 160 Å². The first-order valence-electron chi connectivity index (χ1n) is 8.84. The molecule has 0 saturated heterocycles. The van der Waals surface area contributed by atoms with Gasteiger partial charge in [-0.1, -0.05) is 12.1 Å². The molecule has 1 N–H and O–H groups in total. The van der Waals surface area contributed by atoms with Gasteiger partial charge in [-0.15, -0.1) is 11.3 Å². The molecule has 1 unspecified atom stereocenters. The lowest BCUT2D eigenvalue weighted by Crippen LogP contribution is -2.34. The number of fused-ring (bicyclic) bond motifs is 1. The summed E-state index contributed by atoms with van der Waals surface area (Å²) in [5.74, 6) is 0. The summed E-state index contributed by atoms with van der Waals surface area (Å²) in [7, 11) is 2.63. The van der Waals surface area contributed by atoms with Crippen LogP contribution in [-0.4, -0.2) is 47.6 Å². The summed E-state index contributed by atoms with van der Waals surface area (Å²) in [6.45, 7) is 3.35. The lowest BCUT2D eigenvalue weighted by molar-refractivity contribution is 0.299. The van der Waals surface area contributed by atoms with Gasteiger partial charge in [-0.25, -0.2) is 13.1 Å². The van der Waals surface area contributed by atoms with E-state index in [4.69, 9.17) is 0 Å². The first kappa shape index (κ1) is 19.4. The Morgan fingerprint density at radius 1 is 1.27 bits per heavy atom. The molecule has 0 radical (unpaired) electrons. The van der Waals surface area contributed by atoms with Crippen LogP contribution in [0, 0.1) is 6.92 Å². The number of rotatable bonds is 6. The third kappa shape index (κ3) is 4.11. The van der Waals surface area contributed by atoms with Crippen molar-refractivity contribution >= 4 is 27.0 Å². The summed E-state index contributed by atoms with van der Waals surface area (Å²) in [6, 6.07) is 10.0. The number of thiophene rings is 1. The van der Waals surface area contributed by atoms with Crippen LogP contribution < -0.4 is 9.62 Å². The highest BCUT2D eigenvalue weighted by molar-refractivity contribution is 7.91. The molecule has 5 nitrogen and oxygen atoms in total. The van der Waals surface area contributed by atoms with Crippen molar-refractivity contribution < 1.29 is 8.42 Å². The van der Waals surface area contributed by atoms with Gasteiger partial charge < -0.3 is 9.80 Å². The lowest BCUT2D eigenvalue weighted by Gasteiger charge is -2.30. The van der Waals surface area contributed by atoms with Crippen LogP contribution in [0.4, 0.5) is 5.69 Å². The second kappa shape index (κ2) is 7.68. The highest BCUT2D eigenvalue weighted by atomic mass is 32.2. The SMILES string of the molecule is Cc1ccc(S(=O)(=O)NCC(c2ccc3c(c2)CCCN3C)N(C)C)s1. The summed E-state index contributed by atoms with van der Waals surface area (Å²) >= 11 is 1.30. The fourth-order valence-corrected chi connectivity index (χ4v) is 5.79. The second-order valence-corrected chi connectivity index (χ2v) is 10.4. The van der Waals surface area contributed by atoms with Crippen LogP contribution in [0.5, 0.6) is 0 Å². The van der Waals surface area contributed by atoms with Crippen molar-refractivity contribution in [1.82, 2.24) is 9.62 Å². The molecular formula is C19H27N3O2S2.